The van der Waals surface area contributed by atoms with Crippen molar-refractivity contribution in [1.29, 1.82) is 0 Å². The Morgan fingerprint density at radius 2 is 2.35 bits per heavy atom. The number of nitrogens with zero attached hydrogens (tertiary/aromatic N) is 3. The van der Waals surface area contributed by atoms with Crippen molar-refractivity contribution in [2.75, 3.05) is 19.6 Å². The molecule has 1 saturated heterocycles. The van der Waals surface area contributed by atoms with Crippen LogP contribution in [-0.2, 0) is 4.79 Å². The Morgan fingerprint density at radius 3 is 2.90 bits per heavy atom. The predicted octanol–water partition coefficient (Wildman–Crippen LogP) is -0.347. The molecule has 0 radical (unpaired) electrons. The zero-order valence-electron chi connectivity index (χ0n) is 11.4. The monoisotopic (exact) mass is 281 g/mol. The van der Waals surface area contributed by atoms with Crippen LogP contribution in [0.2, 0.25) is 0 Å². The van der Waals surface area contributed by atoms with Gasteiger partial charge in [0.25, 0.3) is 5.91 Å². The molecule has 2 rings (SSSR count). The fourth-order valence-electron chi connectivity index (χ4n) is 1.99. The van der Waals surface area contributed by atoms with Gasteiger partial charge in [-0.3, -0.25) is 9.59 Å². The van der Waals surface area contributed by atoms with Crippen LogP contribution in [0.15, 0.2) is 6.20 Å². The van der Waals surface area contributed by atoms with E-state index < -0.39 is 11.9 Å². The summed E-state index contributed by atoms with van der Waals surface area (Å²) in [6, 6.07) is 0.246. The molecule has 8 nitrogen and oxygen atoms in total. The van der Waals surface area contributed by atoms with Crippen LogP contribution in [0.1, 0.15) is 36.3 Å². The topological polar surface area (TPSA) is 109 Å². The first-order chi connectivity index (χ1) is 9.61. The minimum Gasteiger partial charge on any atom is -0.481 e. The summed E-state index contributed by atoms with van der Waals surface area (Å²) in [5.74, 6) is -1.84. The zero-order chi connectivity index (χ0) is 14.5. The van der Waals surface area contributed by atoms with Gasteiger partial charge < -0.3 is 15.7 Å². The maximum absolute atomic E-state index is 11.9. The molecule has 1 aliphatic heterocycles. The standard InChI is InChI=1S/C12H19N5O3/c1-2-3-8(12(19)20)4-14-11(18)10-7-17(16-15-10)9-5-13-6-9/h7-9,13H,2-6H2,1H3,(H,14,18)(H,19,20). The van der Waals surface area contributed by atoms with Crippen LogP contribution in [-0.4, -0.2) is 51.6 Å². The van der Waals surface area contributed by atoms with E-state index in [1.165, 1.54) is 0 Å². The van der Waals surface area contributed by atoms with E-state index in [0.29, 0.717) is 6.42 Å². The second-order valence-electron chi connectivity index (χ2n) is 4.93. The summed E-state index contributed by atoms with van der Waals surface area (Å²) < 4.78 is 1.66. The minimum atomic E-state index is -0.892. The summed E-state index contributed by atoms with van der Waals surface area (Å²) in [5.41, 5.74) is 0.220. The zero-order valence-corrected chi connectivity index (χ0v) is 11.4. The van der Waals surface area contributed by atoms with Gasteiger partial charge >= 0.3 is 5.97 Å². The molecule has 1 aromatic rings. The van der Waals surface area contributed by atoms with Crippen molar-refractivity contribution in [3.05, 3.63) is 11.9 Å². The summed E-state index contributed by atoms with van der Waals surface area (Å²) in [7, 11) is 0. The maximum atomic E-state index is 11.9. The van der Waals surface area contributed by atoms with Gasteiger partial charge in [-0.25, -0.2) is 4.68 Å². The lowest BCUT2D eigenvalue weighted by Gasteiger charge is -2.26. The molecule has 1 aromatic heterocycles. The molecule has 20 heavy (non-hydrogen) atoms. The molecule has 0 bridgehead atoms. The fourth-order valence-corrected chi connectivity index (χ4v) is 1.99. The second-order valence-corrected chi connectivity index (χ2v) is 4.93. The summed E-state index contributed by atoms with van der Waals surface area (Å²) in [6.45, 7) is 3.67. The molecule has 1 amide bonds. The molecular formula is C12H19N5O3. The van der Waals surface area contributed by atoms with Crippen molar-refractivity contribution in [1.82, 2.24) is 25.6 Å². The Labute approximate surface area is 116 Å². The van der Waals surface area contributed by atoms with Gasteiger partial charge in [-0.05, 0) is 6.42 Å². The number of hydrogen-bond acceptors (Lipinski definition) is 5. The molecule has 0 spiro atoms. The van der Waals surface area contributed by atoms with E-state index in [0.717, 1.165) is 19.5 Å². The predicted molar refractivity (Wildman–Crippen MR) is 70.3 cm³/mol. The Bertz CT molecular complexity index is 483. The van der Waals surface area contributed by atoms with Gasteiger partial charge in [0.2, 0.25) is 0 Å². The van der Waals surface area contributed by atoms with Gasteiger partial charge in [0, 0.05) is 19.6 Å². The highest BCUT2D eigenvalue weighted by Crippen LogP contribution is 2.10. The van der Waals surface area contributed by atoms with Crippen LogP contribution < -0.4 is 10.6 Å². The van der Waals surface area contributed by atoms with Crippen LogP contribution in [0.25, 0.3) is 0 Å². The van der Waals surface area contributed by atoms with E-state index in [1.54, 1.807) is 10.9 Å². The van der Waals surface area contributed by atoms with Crippen LogP contribution in [0.3, 0.4) is 0 Å². The quantitative estimate of drug-likeness (QED) is 0.630. The number of amides is 1. The van der Waals surface area contributed by atoms with Gasteiger partial charge in [-0.15, -0.1) is 5.10 Å². The molecule has 1 fully saturated rings. The Morgan fingerprint density at radius 1 is 1.60 bits per heavy atom. The van der Waals surface area contributed by atoms with Gasteiger partial charge in [-0.1, -0.05) is 18.6 Å². The van der Waals surface area contributed by atoms with E-state index in [9.17, 15) is 9.59 Å². The van der Waals surface area contributed by atoms with E-state index in [2.05, 4.69) is 20.9 Å². The Kier molecular flexibility index (Phi) is 4.67. The summed E-state index contributed by atoms with van der Waals surface area (Å²) in [6.07, 6.45) is 2.89. The smallest absolute Gasteiger partial charge is 0.308 e. The van der Waals surface area contributed by atoms with Gasteiger partial charge in [0.15, 0.2) is 5.69 Å². The Hall–Kier alpha value is -1.96. The van der Waals surface area contributed by atoms with Crippen LogP contribution in [0, 0.1) is 5.92 Å². The van der Waals surface area contributed by atoms with E-state index in [1.807, 2.05) is 6.92 Å². The highest BCUT2D eigenvalue weighted by atomic mass is 16.4. The van der Waals surface area contributed by atoms with Crippen molar-refractivity contribution in [2.24, 2.45) is 5.92 Å². The number of nitrogens with one attached hydrogen (secondary N) is 2. The molecular weight excluding hydrogens is 262 g/mol. The molecule has 0 saturated carbocycles. The molecule has 0 aromatic carbocycles. The van der Waals surface area contributed by atoms with Crippen molar-refractivity contribution in [2.45, 2.75) is 25.8 Å². The SMILES string of the molecule is CCCC(CNC(=O)c1cn(C2CNC2)nn1)C(=O)O. The van der Waals surface area contributed by atoms with E-state index >= 15 is 0 Å². The first-order valence-corrected chi connectivity index (χ1v) is 6.75. The van der Waals surface area contributed by atoms with E-state index in [-0.39, 0.29) is 24.2 Å². The molecule has 110 valence electrons. The molecule has 8 heteroatoms. The molecule has 3 N–H and O–H groups in total. The molecule has 1 atom stereocenters. The summed E-state index contributed by atoms with van der Waals surface area (Å²) in [4.78, 5) is 22.9. The number of aromatic nitrogens is 3. The average molecular weight is 281 g/mol. The maximum Gasteiger partial charge on any atom is 0.308 e. The minimum absolute atomic E-state index is 0.111. The van der Waals surface area contributed by atoms with Gasteiger partial charge in [0.1, 0.15) is 0 Å². The normalized spacial score (nSPS) is 16.4. The largest absolute Gasteiger partial charge is 0.481 e. The number of rotatable bonds is 7. The third-order valence-electron chi connectivity index (χ3n) is 3.37. The molecule has 2 heterocycles. The fraction of sp³-hybridized carbons (Fsp3) is 0.667. The first-order valence-electron chi connectivity index (χ1n) is 6.75. The van der Waals surface area contributed by atoms with Crippen LogP contribution in [0.5, 0.6) is 0 Å². The number of carbonyl (C=O) groups excluding carboxylic acids is 1. The molecule has 1 aliphatic rings. The molecule has 0 aliphatic carbocycles. The van der Waals surface area contributed by atoms with E-state index in [4.69, 9.17) is 5.11 Å². The van der Waals surface area contributed by atoms with Gasteiger partial charge in [0.05, 0.1) is 18.2 Å². The number of carboxylic acid groups (broad SMARTS) is 1. The summed E-state index contributed by atoms with van der Waals surface area (Å²) >= 11 is 0. The third kappa shape index (κ3) is 3.32. The highest BCUT2D eigenvalue weighted by Gasteiger charge is 2.22. The molecule has 1 unspecified atom stereocenters. The average Bonchev–Trinajstić information content (AvgIpc) is 2.80. The van der Waals surface area contributed by atoms with Gasteiger partial charge in [-0.2, -0.15) is 0 Å². The van der Waals surface area contributed by atoms with Crippen molar-refractivity contribution in [3.8, 4) is 0 Å². The van der Waals surface area contributed by atoms with Crippen molar-refractivity contribution < 1.29 is 14.7 Å². The lowest BCUT2D eigenvalue weighted by molar-refractivity contribution is -0.141. The third-order valence-corrected chi connectivity index (χ3v) is 3.37. The highest BCUT2D eigenvalue weighted by molar-refractivity contribution is 5.92. The van der Waals surface area contributed by atoms with Crippen molar-refractivity contribution >= 4 is 11.9 Å². The van der Waals surface area contributed by atoms with Crippen LogP contribution in [0.4, 0.5) is 0 Å². The first kappa shape index (κ1) is 14.4. The summed E-state index contributed by atoms with van der Waals surface area (Å²) in [5, 5.41) is 22.4. The second kappa shape index (κ2) is 6.47. The van der Waals surface area contributed by atoms with Crippen molar-refractivity contribution in [3.63, 3.8) is 0 Å². The lowest BCUT2D eigenvalue weighted by atomic mass is 10.0. The Balaban J connectivity index is 1.87. The number of carbonyl (C=O) groups is 2. The number of aliphatic carboxylic acids is 1. The number of hydrogen-bond donors (Lipinski definition) is 3. The lowest BCUT2D eigenvalue weighted by Crippen LogP contribution is -2.43. The number of carboxylic acids is 1. The van der Waals surface area contributed by atoms with Crippen LogP contribution >= 0.6 is 0 Å².